The summed E-state index contributed by atoms with van der Waals surface area (Å²) in [4.78, 5) is 25.1. The largest absolute Gasteiger partial charge is 0.391 e. The molecular weight excluding hydrogens is 259 g/mol. The molecule has 0 aromatic carbocycles. The Hall–Kier alpha value is -1.33. The third-order valence-corrected chi connectivity index (χ3v) is 4.11. The van der Waals surface area contributed by atoms with Crippen molar-refractivity contribution in [2.75, 3.05) is 6.54 Å². The molecule has 2 amide bonds. The van der Waals surface area contributed by atoms with Gasteiger partial charge in [-0.25, -0.2) is 0 Å². The average Bonchev–Trinajstić information content (AvgIpc) is 2.53. The molecule has 19 heavy (non-hydrogen) atoms. The Bertz CT molecular complexity index is 419. The summed E-state index contributed by atoms with van der Waals surface area (Å²) < 4.78 is 38.5. The first-order valence-corrected chi connectivity index (χ1v) is 6.32. The predicted molar refractivity (Wildman–Crippen MR) is 62.0 cm³/mol. The molecular formula is C13H16F3NO2. The molecule has 1 spiro atoms. The number of alkyl halides is 3. The lowest BCUT2D eigenvalue weighted by Crippen LogP contribution is -2.41. The molecule has 0 aromatic rings. The molecule has 0 radical (unpaired) electrons. The van der Waals surface area contributed by atoms with E-state index in [0.717, 1.165) is 4.90 Å². The van der Waals surface area contributed by atoms with Crippen LogP contribution in [0.4, 0.5) is 13.2 Å². The van der Waals surface area contributed by atoms with Crippen LogP contribution in [-0.4, -0.2) is 29.4 Å². The minimum absolute atomic E-state index is 0.0498. The SMILES string of the molecule is C=CCN1C(=O)C[C@@]2(CCC[C@@H](C(F)(F)F)C2)C1=O. The molecule has 3 nitrogen and oxygen atoms in total. The minimum atomic E-state index is -4.29. The Balaban J connectivity index is 2.22. The first kappa shape index (κ1) is 14.1. The first-order valence-electron chi connectivity index (χ1n) is 6.32. The van der Waals surface area contributed by atoms with E-state index in [1.807, 2.05) is 0 Å². The van der Waals surface area contributed by atoms with E-state index in [0.29, 0.717) is 12.8 Å². The highest BCUT2D eigenvalue weighted by molar-refractivity contribution is 6.06. The zero-order chi connectivity index (χ0) is 14.3. The van der Waals surface area contributed by atoms with Crippen molar-refractivity contribution >= 4 is 11.8 Å². The third-order valence-electron chi connectivity index (χ3n) is 4.11. The lowest BCUT2D eigenvalue weighted by atomic mass is 9.68. The number of carbonyl (C=O) groups is 2. The number of rotatable bonds is 2. The molecule has 2 fully saturated rings. The monoisotopic (exact) mass is 275 g/mol. The van der Waals surface area contributed by atoms with Crippen molar-refractivity contribution < 1.29 is 22.8 Å². The fourth-order valence-corrected chi connectivity index (χ4v) is 3.17. The number of likely N-dealkylation sites (tertiary alicyclic amines) is 1. The van der Waals surface area contributed by atoms with Crippen LogP contribution in [0.2, 0.25) is 0 Å². The molecule has 0 unspecified atom stereocenters. The summed E-state index contributed by atoms with van der Waals surface area (Å²) in [5, 5.41) is 0. The quantitative estimate of drug-likeness (QED) is 0.574. The van der Waals surface area contributed by atoms with Crippen LogP contribution in [0.1, 0.15) is 32.1 Å². The van der Waals surface area contributed by atoms with E-state index in [1.165, 1.54) is 6.08 Å². The van der Waals surface area contributed by atoms with Gasteiger partial charge in [0.2, 0.25) is 11.8 Å². The fourth-order valence-electron chi connectivity index (χ4n) is 3.17. The van der Waals surface area contributed by atoms with Gasteiger partial charge >= 0.3 is 6.18 Å². The summed E-state index contributed by atoms with van der Waals surface area (Å²) in [6.07, 6.45) is -2.46. The standard InChI is InChI=1S/C13H16F3NO2/c1-2-6-17-10(18)8-12(11(17)19)5-3-4-9(7-12)13(14,15)16/h2,9H,1,3-8H2/t9-,12+/m1/s1. The molecule has 6 heteroatoms. The second-order valence-electron chi connectivity index (χ2n) is 5.39. The molecule has 0 N–H and O–H groups in total. The number of hydrogen-bond donors (Lipinski definition) is 0. The van der Waals surface area contributed by atoms with Gasteiger partial charge in [-0.15, -0.1) is 6.58 Å². The van der Waals surface area contributed by atoms with Crippen LogP contribution in [0.5, 0.6) is 0 Å². The Labute approximate surface area is 109 Å². The summed E-state index contributed by atoms with van der Waals surface area (Å²) in [5.74, 6) is -2.30. The highest BCUT2D eigenvalue weighted by Gasteiger charge is 2.56. The molecule has 1 saturated heterocycles. The van der Waals surface area contributed by atoms with Crippen molar-refractivity contribution in [1.29, 1.82) is 0 Å². The van der Waals surface area contributed by atoms with Gasteiger partial charge in [0.15, 0.2) is 0 Å². The summed E-state index contributed by atoms with van der Waals surface area (Å²) in [6.45, 7) is 3.53. The predicted octanol–water partition coefficient (Wildman–Crippen LogP) is 2.67. The number of hydrogen-bond acceptors (Lipinski definition) is 2. The maximum atomic E-state index is 12.8. The van der Waals surface area contributed by atoms with Gasteiger partial charge < -0.3 is 0 Å². The fraction of sp³-hybridized carbons (Fsp3) is 0.692. The van der Waals surface area contributed by atoms with Crippen LogP contribution in [0.25, 0.3) is 0 Å². The number of halogens is 3. The molecule has 1 aliphatic heterocycles. The molecule has 2 atom stereocenters. The molecule has 1 aliphatic carbocycles. The molecule has 2 aliphatic rings. The lowest BCUT2D eigenvalue weighted by molar-refractivity contribution is -0.192. The Morgan fingerprint density at radius 2 is 2.11 bits per heavy atom. The molecule has 0 aromatic heterocycles. The highest BCUT2D eigenvalue weighted by Crippen LogP contribution is 2.51. The normalized spacial score (nSPS) is 32.2. The zero-order valence-electron chi connectivity index (χ0n) is 10.5. The van der Waals surface area contributed by atoms with Gasteiger partial charge in [0.1, 0.15) is 0 Å². The first-order chi connectivity index (χ1) is 8.80. The number of amides is 2. The van der Waals surface area contributed by atoms with E-state index in [1.54, 1.807) is 0 Å². The zero-order valence-corrected chi connectivity index (χ0v) is 10.5. The smallest absolute Gasteiger partial charge is 0.278 e. The minimum Gasteiger partial charge on any atom is -0.278 e. The second kappa shape index (κ2) is 4.65. The van der Waals surface area contributed by atoms with Crippen LogP contribution in [0.15, 0.2) is 12.7 Å². The average molecular weight is 275 g/mol. The van der Waals surface area contributed by atoms with Crippen molar-refractivity contribution in [3.63, 3.8) is 0 Å². The molecule has 1 saturated carbocycles. The lowest BCUT2D eigenvalue weighted by Gasteiger charge is -2.36. The summed E-state index contributed by atoms with van der Waals surface area (Å²) in [5.41, 5.74) is -1.13. The van der Waals surface area contributed by atoms with Crippen LogP contribution in [0, 0.1) is 11.3 Å². The van der Waals surface area contributed by atoms with Crippen LogP contribution >= 0.6 is 0 Å². The van der Waals surface area contributed by atoms with Crippen molar-refractivity contribution in [2.45, 2.75) is 38.3 Å². The molecule has 2 rings (SSSR count). The third kappa shape index (κ3) is 2.40. The van der Waals surface area contributed by atoms with E-state index in [-0.39, 0.29) is 31.7 Å². The van der Waals surface area contributed by atoms with Gasteiger partial charge in [-0.2, -0.15) is 13.2 Å². The second-order valence-corrected chi connectivity index (χ2v) is 5.39. The number of imide groups is 1. The van der Waals surface area contributed by atoms with E-state index in [2.05, 4.69) is 6.58 Å². The van der Waals surface area contributed by atoms with E-state index >= 15 is 0 Å². The van der Waals surface area contributed by atoms with Gasteiger partial charge in [-0.3, -0.25) is 14.5 Å². The Morgan fingerprint density at radius 3 is 2.68 bits per heavy atom. The van der Waals surface area contributed by atoms with Gasteiger partial charge in [0, 0.05) is 13.0 Å². The Morgan fingerprint density at radius 1 is 1.42 bits per heavy atom. The van der Waals surface area contributed by atoms with Gasteiger partial charge in [-0.1, -0.05) is 12.5 Å². The molecule has 0 bridgehead atoms. The maximum absolute atomic E-state index is 12.8. The number of carbonyl (C=O) groups excluding carboxylic acids is 2. The van der Waals surface area contributed by atoms with Gasteiger partial charge in [0.25, 0.3) is 0 Å². The number of nitrogens with zero attached hydrogens (tertiary/aromatic N) is 1. The van der Waals surface area contributed by atoms with E-state index in [9.17, 15) is 22.8 Å². The van der Waals surface area contributed by atoms with Crippen molar-refractivity contribution in [1.82, 2.24) is 4.90 Å². The topological polar surface area (TPSA) is 37.4 Å². The Kier molecular flexibility index (Phi) is 3.45. The highest BCUT2D eigenvalue weighted by atomic mass is 19.4. The summed E-state index contributed by atoms with van der Waals surface area (Å²) in [7, 11) is 0. The summed E-state index contributed by atoms with van der Waals surface area (Å²) >= 11 is 0. The van der Waals surface area contributed by atoms with E-state index in [4.69, 9.17) is 0 Å². The van der Waals surface area contributed by atoms with Gasteiger partial charge in [-0.05, 0) is 19.3 Å². The van der Waals surface area contributed by atoms with Crippen LogP contribution in [-0.2, 0) is 9.59 Å². The molecule has 106 valence electrons. The van der Waals surface area contributed by atoms with Gasteiger partial charge in [0.05, 0.1) is 11.3 Å². The van der Waals surface area contributed by atoms with Crippen LogP contribution in [0.3, 0.4) is 0 Å². The van der Waals surface area contributed by atoms with E-state index < -0.39 is 23.4 Å². The molecule has 1 heterocycles. The maximum Gasteiger partial charge on any atom is 0.391 e. The van der Waals surface area contributed by atoms with Crippen LogP contribution < -0.4 is 0 Å². The van der Waals surface area contributed by atoms with Crippen molar-refractivity contribution in [2.24, 2.45) is 11.3 Å². The van der Waals surface area contributed by atoms with Crippen molar-refractivity contribution in [3.05, 3.63) is 12.7 Å². The summed E-state index contributed by atoms with van der Waals surface area (Å²) in [6, 6.07) is 0. The van der Waals surface area contributed by atoms with Crippen molar-refractivity contribution in [3.8, 4) is 0 Å².